The molecule has 1 aliphatic rings. The topological polar surface area (TPSA) is 58.6 Å². The van der Waals surface area contributed by atoms with Crippen LogP contribution < -0.4 is 5.32 Å². The second-order valence-corrected chi connectivity index (χ2v) is 10.8. The molecule has 1 aromatic rings. The molecule has 36 heavy (non-hydrogen) atoms. The van der Waals surface area contributed by atoms with Crippen molar-refractivity contribution in [2.75, 3.05) is 13.2 Å². The van der Waals surface area contributed by atoms with Crippen LogP contribution in [0.3, 0.4) is 0 Å². The molecule has 1 fully saturated rings. The minimum absolute atomic E-state index is 0.0636. The van der Waals surface area contributed by atoms with E-state index < -0.39 is 0 Å². The molecule has 1 saturated heterocycles. The van der Waals surface area contributed by atoms with Crippen LogP contribution in [0.2, 0.25) is 0 Å². The van der Waals surface area contributed by atoms with Gasteiger partial charge in [0.2, 0.25) is 0 Å². The molecular formula is C31H54N2O3. The Hall–Kier alpha value is -1.88. The molecule has 4 unspecified atom stereocenters. The number of likely N-dealkylation sites (tertiary alicyclic amines) is 1. The number of piperidine rings is 1. The molecule has 206 valence electrons. The lowest BCUT2D eigenvalue weighted by atomic mass is 9.66. The predicted octanol–water partition coefficient (Wildman–Crippen LogP) is 7.39. The molecule has 1 aliphatic heterocycles. The molecule has 0 spiro atoms. The van der Waals surface area contributed by atoms with Gasteiger partial charge in [-0.2, -0.15) is 0 Å². The molecule has 1 heterocycles. The fourth-order valence-electron chi connectivity index (χ4n) is 5.70. The van der Waals surface area contributed by atoms with E-state index in [0.29, 0.717) is 12.5 Å². The summed E-state index contributed by atoms with van der Waals surface area (Å²) in [6.45, 7) is 18.9. The van der Waals surface area contributed by atoms with Crippen molar-refractivity contribution in [1.29, 1.82) is 0 Å². The predicted molar refractivity (Wildman–Crippen MR) is 151 cm³/mol. The number of nitrogens with zero attached hydrogens (tertiary/aromatic N) is 1. The number of nitrogens with one attached hydrogen (secondary N) is 1. The van der Waals surface area contributed by atoms with Crippen LogP contribution in [-0.2, 0) is 9.53 Å². The van der Waals surface area contributed by atoms with Gasteiger partial charge in [-0.1, -0.05) is 78.0 Å². The molecule has 5 nitrogen and oxygen atoms in total. The van der Waals surface area contributed by atoms with Gasteiger partial charge in [-0.3, -0.25) is 14.5 Å². The first-order chi connectivity index (χ1) is 17.1. The van der Waals surface area contributed by atoms with Gasteiger partial charge in [0.25, 0.3) is 5.91 Å². The normalized spacial score (nSPS) is 26.0. The van der Waals surface area contributed by atoms with Crippen molar-refractivity contribution in [2.24, 2.45) is 5.92 Å². The highest BCUT2D eigenvalue weighted by molar-refractivity contribution is 5.94. The summed E-state index contributed by atoms with van der Waals surface area (Å²) in [5.74, 6) is 0.265. The average Bonchev–Trinajstić information content (AvgIpc) is 2.87. The second kappa shape index (κ2) is 16.1. The monoisotopic (exact) mass is 502 g/mol. The molecule has 1 aromatic carbocycles. The lowest BCUT2D eigenvalue weighted by Gasteiger charge is -2.61. The van der Waals surface area contributed by atoms with E-state index in [1.54, 1.807) is 6.92 Å². The van der Waals surface area contributed by atoms with Gasteiger partial charge in [0.15, 0.2) is 0 Å². The number of hydrogen-bond acceptors (Lipinski definition) is 4. The highest BCUT2D eigenvalue weighted by Gasteiger charge is 2.52. The number of rotatable bonds is 12. The third kappa shape index (κ3) is 9.21. The van der Waals surface area contributed by atoms with Crippen molar-refractivity contribution >= 4 is 11.9 Å². The maximum atomic E-state index is 12.9. The van der Waals surface area contributed by atoms with Gasteiger partial charge in [-0.05, 0) is 71.0 Å². The van der Waals surface area contributed by atoms with Crippen molar-refractivity contribution in [1.82, 2.24) is 10.2 Å². The third-order valence-corrected chi connectivity index (χ3v) is 8.43. The fourth-order valence-corrected chi connectivity index (χ4v) is 5.70. The van der Waals surface area contributed by atoms with E-state index in [1.807, 2.05) is 30.3 Å². The zero-order valence-electron chi connectivity index (χ0n) is 24.5. The van der Waals surface area contributed by atoms with Gasteiger partial charge >= 0.3 is 5.97 Å². The van der Waals surface area contributed by atoms with E-state index >= 15 is 0 Å². The van der Waals surface area contributed by atoms with Crippen molar-refractivity contribution in [3.63, 3.8) is 0 Å². The van der Waals surface area contributed by atoms with Gasteiger partial charge in [-0.15, -0.1) is 0 Å². The summed E-state index contributed by atoms with van der Waals surface area (Å²) in [5.41, 5.74) is 0.978. The van der Waals surface area contributed by atoms with Crippen LogP contribution in [0.5, 0.6) is 0 Å². The van der Waals surface area contributed by atoms with Crippen LogP contribution in [-0.4, -0.2) is 47.0 Å². The summed E-state index contributed by atoms with van der Waals surface area (Å²) in [7, 11) is 0. The highest BCUT2D eigenvalue weighted by Crippen LogP contribution is 2.45. The van der Waals surface area contributed by atoms with Gasteiger partial charge in [0.05, 0.1) is 6.61 Å². The van der Waals surface area contributed by atoms with Crippen LogP contribution in [0.15, 0.2) is 30.3 Å². The molecule has 5 heteroatoms. The minimum atomic E-state index is -0.211. The number of unbranched alkanes of at least 4 members (excludes halogenated alkanes) is 5. The Morgan fingerprint density at radius 3 is 2.08 bits per heavy atom. The summed E-state index contributed by atoms with van der Waals surface area (Å²) in [6, 6.07) is 9.86. The zero-order valence-corrected chi connectivity index (χ0v) is 24.5. The Morgan fingerprint density at radius 1 is 0.972 bits per heavy atom. The first-order valence-electron chi connectivity index (χ1n) is 14.4. The fraction of sp³-hybridized carbons (Fsp3) is 0.742. The molecule has 0 radical (unpaired) electrons. The van der Waals surface area contributed by atoms with E-state index in [1.165, 1.54) is 52.0 Å². The number of carbonyl (C=O) groups excluding carboxylic acids is 2. The summed E-state index contributed by atoms with van der Waals surface area (Å²) in [5, 5.41) is 3.41. The van der Waals surface area contributed by atoms with Crippen molar-refractivity contribution in [3.8, 4) is 0 Å². The van der Waals surface area contributed by atoms with Gasteiger partial charge in [-0.25, -0.2) is 0 Å². The van der Waals surface area contributed by atoms with Crippen LogP contribution in [0.4, 0.5) is 0 Å². The molecule has 0 saturated carbocycles. The SMILES string of the molecule is CCCCCCCCN1C(C)(CC)CC(NC(=O)c2ccccc2)C(C)C1(C)CC.CCOC(C)=O. The molecule has 1 amide bonds. The molecular weight excluding hydrogens is 448 g/mol. The van der Waals surface area contributed by atoms with E-state index in [2.05, 4.69) is 56.5 Å². The van der Waals surface area contributed by atoms with Crippen molar-refractivity contribution in [2.45, 2.75) is 130 Å². The van der Waals surface area contributed by atoms with Crippen LogP contribution in [0.1, 0.15) is 124 Å². The third-order valence-electron chi connectivity index (χ3n) is 8.43. The number of carbonyl (C=O) groups is 2. The lowest BCUT2D eigenvalue weighted by molar-refractivity contribution is -0.140. The number of ether oxygens (including phenoxy) is 1. The first-order valence-corrected chi connectivity index (χ1v) is 14.4. The number of hydrogen-bond donors (Lipinski definition) is 1. The Labute approximate surface area is 221 Å². The molecule has 0 bridgehead atoms. The number of esters is 1. The number of benzene rings is 1. The lowest BCUT2D eigenvalue weighted by Crippen LogP contribution is -2.70. The molecule has 4 atom stereocenters. The summed E-state index contributed by atoms with van der Waals surface area (Å²) < 4.78 is 4.40. The van der Waals surface area contributed by atoms with Crippen LogP contribution >= 0.6 is 0 Å². The molecule has 2 rings (SSSR count). The van der Waals surface area contributed by atoms with E-state index in [9.17, 15) is 9.59 Å². The van der Waals surface area contributed by atoms with E-state index in [0.717, 1.165) is 24.8 Å². The summed E-state index contributed by atoms with van der Waals surface area (Å²) in [6.07, 6.45) is 11.3. The maximum absolute atomic E-state index is 12.9. The Morgan fingerprint density at radius 2 is 1.58 bits per heavy atom. The first kappa shape index (κ1) is 32.1. The Bertz CT molecular complexity index is 768. The Kier molecular flexibility index (Phi) is 14.3. The van der Waals surface area contributed by atoms with Gasteiger partial charge in [0, 0.05) is 29.6 Å². The van der Waals surface area contributed by atoms with Crippen LogP contribution in [0.25, 0.3) is 0 Å². The summed E-state index contributed by atoms with van der Waals surface area (Å²) in [4.78, 5) is 25.5. The van der Waals surface area contributed by atoms with Crippen molar-refractivity contribution in [3.05, 3.63) is 35.9 Å². The van der Waals surface area contributed by atoms with Gasteiger partial charge < -0.3 is 10.1 Å². The molecule has 0 aliphatic carbocycles. The zero-order chi connectivity index (χ0) is 27.2. The van der Waals surface area contributed by atoms with Gasteiger partial charge in [0.1, 0.15) is 0 Å². The Balaban J connectivity index is 0.000000960. The second-order valence-electron chi connectivity index (χ2n) is 10.8. The smallest absolute Gasteiger partial charge is 0.302 e. The quantitative estimate of drug-likeness (QED) is 0.239. The average molecular weight is 503 g/mol. The van der Waals surface area contributed by atoms with Crippen molar-refractivity contribution < 1.29 is 14.3 Å². The van der Waals surface area contributed by atoms with Crippen LogP contribution in [0, 0.1) is 5.92 Å². The molecule has 1 N–H and O–H groups in total. The minimum Gasteiger partial charge on any atom is -0.466 e. The maximum Gasteiger partial charge on any atom is 0.302 e. The van der Waals surface area contributed by atoms with E-state index in [4.69, 9.17) is 0 Å². The standard InChI is InChI=1S/C27H46N2O.C4H8O2/c1-7-10-11-12-13-17-20-29-26(5,8-2)21-24(22(4)27(29,6)9-3)28-25(30)23-18-15-14-16-19-23;1-3-6-4(2)5/h14-16,18-19,22,24H,7-13,17,20-21H2,1-6H3,(H,28,30);3H2,1-2H3. The van der Waals surface area contributed by atoms with E-state index in [-0.39, 0.29) is 29.0 Å². The highest BCUT2D eigenvalue weighted by atomic mass is 16.5. The largest absolute Gasteiger partial charge is 0.466 e. The molecule has 0 aromatic heterocycles. The number of amides is 1. The summed E-state index contributed by atoms with van der Waals surface area (Å²) >= 11 is 0.